The normalized spacial score (nSPS) is 10.3. The Balaban J connectivity index is 4.87. The average molecular weight is 294 g/mol. The summed E-state index contributed by atoms with van der Waals surface area (Å²) in [7, 11) is 0. The van der Waals surface area contributed by atoms with Crippen molar-refractivity contribution in [2.75, 3.05) is 13.2 Å². The van der Waals surface area contributed by atoms with Crippen LogP contribution in [0.4, 0.5) is 0 Å². The molecule has 0 aromatic rings. The summed E-state index contributed by atoms with van der Waals surface area (Å²) >= 11 is 0. The number of ether oxygens (including phenoxy) is 2. The number of carbonyl (C=O) groups is 3. The summed E-state index contributed by atoms with van der Waals surface area (Å²) in [5.41, 5.74) is -0.615. The van der Waals surface area contributed by atoms with E-state index in [1.807, 2.05) is 6.92 Å². The highest BCUT2D eigenvalue weighted by atomic mass is 16.5. The number of esters is 2. The minimum atomic E-state index is -0.615. The molecule has 0 aliphatic rings. The minimum Gasteiger partial charge on any atom is -0.462 e. The molecule has 0 saturated heterocycles. The Hall–Kier alpha value is -2.17. The van der Waals surface area contributed by atoms with E-state index in [2.05, 4.69) is 19.7 Å². The van der Waals surface area contributed by atoms with Gasteiger partial charge >= 0.3 is 11.9 Å². The van der Waals surface area contributed by atoms with Crippen LogP contribution in [-0.4, -0.2) is 30.9 Å². The molecule has 0 unspecified atom stereocenters. The summed E-state index contributed by atoms with van der Waals surface area (Å²) in [6.45, 7) is 12.0. The van der Waals surface area contributed by atoms with Crippen molar-refractivity contribution in [2.45, 2.75) is 26.2 Å². The maximum absolute atomic E-state index is 11.4. The highest BCUT2D eigenvalue weighted by molar-refractivity contribution is 5.89. The monoisotopic (exact) mass is 294 g/mol. The molecule has 0 N–H and O–H groups in total. The van der Waals surface area contributed by atoms with Crippen LogP contribution in [0.5, 0.6) is 0 Å². The van der Waals surface area contributed by atoms with Crippen molar-refractivity contribution in [3.05, 3.63) is 38.0 Å². The maximum Gasteiger partial charge on any atom is 0.330 e. The predicted octanol–water partition coefficient (Wildman–Crippen LogP) is 2.38. The second-order valence-electron chi connectivity index (χ2n) is 4.65. The molecule has 0 bridgehead atoms. The van der Waals surface area contributed by atoms with E-state index in [0.29, 0.717) is 12.8 Å². The Bertz CT molecular complexity index is 363. The van der Waals surface area contributed by atoms with Crippen LogP contribution in [0, 0.1) is 5.41 Å². The quantitative estimate of drug-likeness (QED) is 0.432. The zero-order valence-electron chi connectivity index (χ0n) is 12.4. The zero-order chi connectivity index (χ0) is 16.3. The van der Waals surface area contributed by atoms with Crippen LogP contribution in [0.2, 0.25) is 0 Å². The summed E-state index contributed by atoms with van der Waals surface area (Å²) in [5, 5.41) is 0. The minimum absolute atomic E-state index is 0.0448. The highest BCUT2D eigenvalue weighted by Gasteiger charge is 2.32. The van der Waals surface area contributed by atoms with Crippen molar-refractivity contribution in [1.82, 2.24) is 0 Å². The van der Waals surface area contributed by atoms with E-state index in [0.717, 1.165) is 12.2 Å². The van der Waals surface area contributed by atoms with Crippen molar-refractivity contribution < 1.29 is 23.9 Å². The highest BCUT2D eigenvalue weighted by Crippen LogP contribution is 2.30. The smallest absolute Gasteiger partial charge is 0.330 e. The van der Waals surface area contributed by atoms with Gasteiger partial charge in [-0.05, 0) is 18.9 Å². The van der Waals surface area contributed by atoms with Crippen molar-refractivity contribution in [3.63, 3.8) is 0 Å². The molecule has 0 amide bonds. The average Bonchev–Trinajstić information content (AvgIpc) is 2.53. The molecule has 0 spiro atoms. The second kappa shape index (κ2) is 9.69. The fourth-order valence-electron chi connectivity index (χ4n) is 1.62. The van der Waals surface area contributed by atoms with Gasteiger partial charge in [0.05, 0.1) is 0 Å². The van der Waals surface area contributed by atoms with Crippen molar-refractivity contribution >= 4 is 17.7 Å². The molecule has 0 radical (unpaired) electrons. The molecule has 0 fully saturated rings. The Morgan fingerprint density at radius 3 is 1.76 bits per heavy atom. The van der Waals surface area contributed by atoms with Crippen LogP contribution in [0.1, 0.15) is 26.2 Å². The van der Waals surface area contributed by atoms with Crippen LogP contribution in [0.15, 0.2) is 38.0 Å². The van der Waals surface area contributed by atoms with Crippen LogP contribution < -0.4 is 0 Å². The zero-order valence-corrected chi connectivity index (χ0v) is 12.4. The Kier molecular flexibility index (Phi) is 8.69. The van der Waals surface area contributed by atoms with Gasteiger partial charge in [0.25, 0.3) is 0 Å². The van der Waals surface area contributed by atoms with Gasteiger partial charge in [0.1, 0.15) is 13.2 Å². The molecule has 0 aromatic heterocycles. The topological polar surface area (TPSA) is 69.7 Å². The van der Waals surface area contributed by atoms with Crippen LogP contribution in [0.3, 0.4) is 0 Å². The Morgan fingerprint density at radius 1 is 0.952 bits per heavy atom. The predicted molar refractivity (Wildman–Crippen MR) is 79.5 cm³/mol. The summed E-state index contributed by atoms with van der Waals surface area (Å²) in [6.07, 6.45) is 4.60. The summed E-state index contributed by atoms with van der Waals surface area (Å²) in [6, 6.07) is 0. The summed E-state index contributed by atoms with van der Waals surface area (Å²) in [4.78, 5) is 33.8. The van der Waals surface area contributed by atoms with E-state index < -0.39 is 17.4 Å². The first-order valence-electron chi connectivity index (χ1n) is 6.66. The molecule has 0 heterocycles. The van der Waals surface area contributed by atoms with Gasteiger partial charge in [-0.2, -0.15) is 0 Å². The molecule has 0 atom stereocenters. The van der Waals surface area contributed by atoms with Crippen LogP contribution in [0.25, 0.3) is 0 Å². The molecule has 0 aliphatic carbocycles. The maximum atomic E-state index is 11.4. The fraction of sp³-hybridized carbons (Fsp3) is 0.438. The Morgan fingerprint density at radius 2 is 1.43 bits per heavy atom. The first-order chi connectivity index (χ1) is 9.92. The van der Waals surface area contributed by atoms with Gasteiger partial charge in [-0.15, -0.1) is 0 Å². The number of carbonyl (C=O) groups excluding carboxylic acids is 3. The lowest BCUT2D eigenvalue weighted by atomic mass is 9.81. The first kappa shape index (κ1) is 18.8. The number of hydrogen-bond donors (Lipinski definition) is 0. The van der Waals surface area contributed by atoms with E-state index in [-0.39, 0.29) is 25.4 Å². The third kappa shape index (κ3) is 7.25. The Labute approximate surface area is 125 Å². The number of hydrogen-bond acceptors (Lipinski definition) is 5. The van der Waals surface area contributed by atoms with E-state index >= 15 is 0 Å². The standard InChI is InChI=1S/C16H22O5/c1-5-13(17)9-10-16(8-4,11-20-14(18)6-2)12-21-15(19)7-3/h5-7H,1-3,8-12H2,4H3. The van der Waals surface area contributed by atoms with Gasteiger partial charge in [0.2, 0.25) is 0 Å². The molecule has 116 valence electrons. The van der Waals surface area contributed by atoms with Crippen molar-refractivity contribution in [1.29, 1.82) is 0 Å². The molecule has 5 heteroatoms. The number of rotatable bonds is 11. The third-order valence-corrected chi connectivity index (χ3v) is 3.25. The lowest BCUT2D eigenvalue weighted by molar-refractivity contribution is -0.148. The fourth-order valence-corrected chi connectivity index (χ4v) is 1.62. The number of ketones is 1. The molecule has 0 aromatic carbocycles. The van der Waals surface area contributed by atoms with Crippen molar-refractivity contribution in [3.8, 4) is 0 Å². The molecule has 0 aliphatic heterocycles. The lowest BCUT2D eigenvalue weighted by Crippen LogP contribution is -2.34. The number of allylic oxidation sites excluding steroid dienone is 1. The molecule has 0 rings (SSSR count). The van der Waals surface area contributed by atoms with Gasteiger partial charge in [-0.1, -0.05) is 26.7 Å². The van der Waals surface area contributed by atoms with E-state index in [1.165, 1.54) is 6.08 Å². The summed E-state index contributed by atoms with van der Waals surface area (Å²) < 4.78 is 10.1. The van der Waals surface area contributed by atoms with E-state index in [1.54, 1.807) is 0 Å². The van der Waals surface area contributed by atoms with E-state index in [4.69, 9.17) is 9.47 Å². The SMILES string of the molecule is C=CC(=O)CCC(CC)(COC(=O)C=C)COC(=O)C=C. The molecule has 5 nitrogen and oxygen atoms in total. The largest absolute Gasteiger partial charge is 0.462 e. The van der Waals surface area contributed by atoms with Gasteiger partial charge in [-0.25, -0.2) is 9.59 Å². The molecule has 21 heavy (non-hydrogen) atoms. The van der Waals surface area contributed by atoms with Crippen LogP contribution in [-0.2, 0) is 23.9 Å². The second-order valence-corrected chi connectivity index (χ2v) is 4.65. The van der Waals surface area contributed by atoms with Crippen LogP contribution >= 0.6 is 0 Å². The van der Waals surface area contributed by atoms with Gasteiger partial charge in [0, 0.05) is 24.0 Å². The first-order valence-corrected chi connectivity index (χ1v) is 6.66. The lowest BCUT2D eigenvalue weighted by Gasteiger charge is -2.31. The molecular weight excluding hydrogens is 272 g/mol. The van der Waals surface area contributed by atoms with Crippen molar-refractivity contribution in [2.24, 2.45) is 5.41 Å². The third-order valence-electron chi connectivity index (χ3n) is 3.25. The summed E-state index contributed by atoms with van der Waals surface area (Å²) in [5.74, 6) is -1.23. The molecule has 0 saturated carbocycles. The van der Waals surface area contributed by atoms with Gasteiger partial charge in [0.15, 0.2) is 5.78 Å². The molecular formula is C16H22O5. The van der Waals surface area contributed by atoms with Gasteiger partial charge in [-0.3, -0.25) is 4.79 Å². The van der Waals surface area contributed by atoms with Gasteiger partial charge < -0.3 is 9.47 Å². The van der Waals surface area contributed by atoms with E-state index in [9.17, 15) is 14.4 Å².